The highest BCUT2D eigenvalue weighted by atomic mass is 35.5. The van der Waals surface area contributed by atoms with Gasteiger partial charge in [-0.05, 0) is 43.5 Å². The Bertz CT molecular complexity index is 430. The number of unbranched alkanes of at least 4 members (excludes halogenated alkanes) is 2. The number of benzene rings is 1. The molecule has 0 bridgehead atoms. The molecule has 112 valence electrons. The van der Waals surface area contributed by atoms with E-state index in [1.165, 1.54) is 6.07 Å². The monoisotopic (exact) mass is 301 g/mol. The minimum Gasteiger partial charge on any atom is -0.396 e. The normalized spacial score (nSPS) is 20.2. The second-order valence-electron chi connectivity index (χ2n) is 5.12. The van der Waals surface area contributed by atoms with Crippen molar-refractivity contribution in [3.8, 4) is 0 Å². The van der Waals surface area contributed by atoms with Crippen LogP contribution in [0.5, 0.6) is 0 Å². The molecule has 1 aliphatic rings. The van der Waals surface area contributed by atoms with Crippen molar-refractivity contribution in [2.45, 2.75) is 25.4 Å². The third-order valence-electron chi connectivity index (χ3n) is 3.60. The van der Waals surface area contributed by atoms with Crippen LogP contribution in [0.1, 0.15) is 30.9 Å². The van der Waals surface area contributed by atoms with Gasteiger partial charge in [0.05, 0.1) is 17.7 Å². The molecule has 2 rings (SSSR count). The maximum absolute atomic E-state index is 13.2. The van der Waals surface area contributed by atoms with Crippen molar-refractivity contribution in [1.29, 1.82) is 0 Å². The standard InChI is InChI=1S/C15H21ClFNO2/c16-13-10-12(4-5-14(13)17)15-11-18(7-9-20-15)6-2-1-3-8-19/h4-5,10,15,19H,1-3,6-9,11H2. The van der Waals surface area contributed by atoms with Gasteiger partial charge in [0.2, 0.25) is 0 Å². The van der Waals surface area contributed by atoms with Gasteiger partial charge < -0.3 is 9.84 Å². The Balaban J connectivity index is 1.87. The zero-order chi connectivity index (χ0) is 14.4. The number of rotatable bonds is 6. The quantitative estimate of drug-likeness (QED) is 0.820. The van der Waals surface area contributed by atoms with Gasteiger partial charge in [-0.2, -0.15) is 0 Å². The second-order valence-corrected chi connectivity index (χ2v) is 5.53. The molecule has 1 heterocycles. The molecule has 0 aromatic heterocycles. The zero-order valence-electron chi connectivity index (χ0n) is 11.5. The molecule has 1 saturated heterocycles. The molecular formula is C15H21ClFNO2. The Morgan fingerprint density at radius 1 is 1.35 bits per heavy atom. The average Bonchev–Trinajstić information content (AvgIpc) is 2.47. The van der Waals surface area contributed by atoms with Gasteiger partial charge in [0.15, 0.2) is 0 Å². The zero-order valence-corrected chi connectivity index (χ0v) is 12.3. The van der Waals surface area contributed by atoms with Crippen LogP contribution < -0.4 is 0 Å². The van der Waals surface area contributed by atoms with Gasteiger partial charge in [0.25, 0.3) is 0 Å². The van der Waals surface area contributed by atoms with Crippen LogP contribution in [0.2, 0.25) is 5.02 Å². The van der Waals surface area contributed by atoms with Crippen LogP contribution in [0.3, 0.4) is 0 Å². The molecule has 0 saturated carbocycles. The van der Waals surface area contributed by atoms with E-state index in [4.69, 9.17) is 21.4 Å². The molecule has 1 aliphatic heterocycles. The Labute approximate surface area is 124 Å². The minimum atomic E-state index is -0.396. The topological polar surface area (TPSA) is 32.7 Å². The molecule has 0 amide bonds. The van der Waals surface area contributed by atoms with Crippen LogP contribution in [0.4, 0.5) is 4.39 Å². The van der Waals surface area contributed by atoms with E-state index >= 15 is 0 Å². The molecule has 3 nitrogen and oxygen atoms in total. The maximum Gasteiger partial charge on any atom is 0.141 e. The summed E-state index contributed by atoms with van der Waals surface area (Å²) in [4.78, 5) is 2.35. The van der Waals surface area contributed by atoms with Crippen molar-refractivity contribution < 1.29 is 14.2 Å². The molecule has 1 N–H and O–H groups in total. The van der Waals surface area contributed by atoms with E-state index in [9.17, 15) is 4.39 Å². The number of ether oxygens (including phenoxy) is 1. The van der Waals surface area contributed by atoms with Crippen LogP contribution in [0.25, 0.3) is 0 Å². The molecule has 5 heteroatoms. The van der Waals surface area contributed by atoms with Crippen LogP contribution in [-0.4, -0.2) is 42.9 Å². The van der Waals surface area contributed by atoms with E-state index in [1.54, 1.807) is 12.1 Å². The van der Waals surface area contributed by atoms with Gasteiger partial charge in [-0.1, -0.05) is 17.7 Å². The first-order valence-electron chi connectivity index (χ1n) is 7.10. The fourth-order valence-electron chi connectivity index (χ4n) is 2.44. The summed E-state index contributed by atoms with van der Waals surface area (Å²) in [5, 5.41) is 8.91. The summed E-state index contributed by atoms with van der Waals surface area (Å²) in [6, 6.07) is 4.78. The lowest BCUT2D eigenvalue weighted by Gasteiger charge is -2.33. The van der Waals surface area contributed by atoms with Crippen molar-refractivity contribution in [1.82, 2.24) is 4.90 Å². The van der Waals surface area contributed by atoms with Crippen molar-refractivity contribution >= 4 is 11.6 Å². The summed E-state index contributed by atoms with van der Waals surface area (Å²) >= 11 is 5.82. The van der Waals surface area contributed by atoms with E-state index < -0.39 is 5.82 Å². The molecule has 20 heavy (non-hydrogen) atoms. The molecule has 1 aromatic rings. The molecule has 1 atom stereocenters. The highest BCUT2D eigenvalue weighted by Gasteiger charge is 2.22. The van der Waals surface area contributed by atoms with Gasteiger partial charge in [-0.3, -0.25) is 4.90 Å². The number of aliphatic hydroxyl groups is 1. The smallest absolute Gasteiger partial charge is 0.141 e. The first-order valence-corrected chi connectivity index (χ1v) is 7.48. The van der Waals surface area contributed by atoms with Gasteiger partial charge in [0, 0.05) is 19.7 Å². The Kier molecular flexibility index (Phi) is 6.23. The van der Waals surface area contributed by atoms with Gasteiger partial charge in [-0.25, -0.2) is 4.39 Å². The number of halogens is 2. The third-order valence-corrected chi connectivity index (χ3v) is 3.89. The Hall–Kier alpha value is -0.680. The van der Waals surface area contributed by atoms with Crippen LogP contribution in [0, 0.1) is 5.82 Å². The summed E-state index contributed by atoms with van der Waals surface area (Å²) < 4.78 is 18.9. The average molecular weight is 302 g/mol. The van der Waals surface area contributed by atoms with E-state index in [-0.39, 0.29) is 17.7 Å². The first-order chi connectivity index (χ1) is 9.70. The Morgan fingerprint density at radius 2 is 2.20 bits per heavy atom. The number of nitrogens with zero attached hydrogens (tertiary/aromatic N) is 1. The maximum atomic E-state index is 13.2. The summed E-state index contributed by atoms with van der Waals surface area (Å²) in [5.41, 5.74) is 0.927. The Morgan fingerprint density at radius 3 is 2.95 bits per heavy atom. The van der Waals surface area contributed by atoms with Crippen LogP contribution in [-0.2, 0) is 4.74 Å². The van der Waals surface area contributed by atoms with E-state index in [0.29, 0.717) is 6.61 Å². The summed E-state index contributed by atoms with van der Waals surface area (Å²) in [6.07, 6.45) is 2.94. The molecule has 1 aromatic carbocycles. The minimum absolute atomic E-state index is 0.0420. The lowest BCUT2D eigenvalue weighted by Crippen LogP contribution is -2.38. The van der Waals surface area contributed by atoms with Crippen molar-refractivity contribution in [3.05, 3.63) is 34.6 Å². The highest BCUT2D eigenvalue weighted by Crippen LogP contribution is 2.26. The predicted octanol–water partition coefficient (Wildman–Crippen LogP) is 3.02. The molecule has 0 spiro atoms. The van der Waals surface area contributed by atoms with Crippen molar-refractivity contribution in [3.63, 3.8) is 0 Å². The fraction of sp³-hybridized carbons (Fsp3) is 0.600. The number of aliphatic hydroxyl groups excluding tert-OH is 1. The summed E-state index contributed by atoms with van der Waals surface area (Å²) in [5.74, 6) is -0.396. The summed E-state index contributed by atoms with van der Waals surface area (Å²) in [6.45, 7) is 3.68. The number of morpholine rings is 1. The predicted molar refractivity (Wildman–Crippen MR) is 77.5 cm³/mol. The number of hydrogen-bond donors (Lipinski definition) is 1. The highest BCUT2D eigenvalue weighted by molar-refractivity contribution is 6.30. The molecule has 0 radical (unpaired) electrons. The van der Waals surface area contributed by atoms with E-state index in [0.717, 1.165) is 44.5 Å². The number of hydrogen-bond acceptors (Lipinski definition) is 3. The fourth-order valence-corrected chi connectivity index (χ4v) is 2.63. The second kappa shape index (κ2) is 7.93. The largest absolute Gasteiger partial charge is 0.396 e. The van der Waals surface area contributed by atoms with Gasteiger partial charge >= 0.3 is 0 Å². The molecule has 0 aliphatic carbocycles. The lowest BCUT2D eigenvalue weighted by atomic mass is 10.1. The molecule has 1 unspecified atom stereocenters. The van der Waals surface area contributed by atoms with Crippen LogP contribution in [0.15, 0.2) is 18.2 Å². The van der Waals surface area contributed by atoms with E-state index in [2.05, 4.69) is 4.90 Å². The SMILES string of the molecule is OCCCCCN1CCOC(c2ccc(F)c(Cl)c2)C1. The van der Waals surface area contributed by atoms with Crippen molar-refractivity contribution in [2.75, 3.05) is 32.8 Å². The lowest BCUT2D eigenvalue weighted by molar-refractivity contribution is -0.0304. The van der Waals surface area contributed by atoms with E-state index in [1.807, 2.05) is 0 Å². The van der Waals surface area contributed by atoms with Crippen molar-refractivity contribution in [2.24, 2.45) is 0 Å². The molecule has 1 fully saturated rings. The third kappa shape index (κ3) is 4.42. The summed E-state index contributed by atoms with van der Waals surface area (Å²) in [7, 11) is 0. The first kappa shape index (κ1) is 15.7. The van der Waals surface area contributed by atoms with Crippen LogP contribution >= 0.6 is 11.6 Å². The van der Waals surface area contributed by atoms with Gasteiger partial charge in [-0.15, -0.1) is 0 Å². The van der Waals surface area contributed by atoms with Gasteiger partial charge in [0.1, 0.15) is 5.82 Å². The molecular weight excluding hydrogens is 281 g/mol.